The first-order valence-corrected chi connectivity index (χ1v) is 13.0. The lowest BCUT2D eigenvalue weighted by molar-refractivity contribution is -0.114. The van der Waals surface area contributed by atoms with E-state index >= 15 is 0 Å². The smallest absolute Gasteiger partial charge is 0.505 e. The van der Waals surface area contributed by atoms with Crippen molar-refractivity contribution in [1.82, 2.24) is 0 Å². The van der Waals surface area contributed by atoms with Crippen LogP contribution in [0.3, 0.4) is 0 Å². The molecule has 0 fully saturated rings. The van der Waals surface area contributed by atoms with Crippen molar-refractivity contribution in [3.05, 3.63) is 88.7 Å². The number of ether oxygens (including phenoxy) is 2. The van der Waals surface area contributed by atoms with Gasteiger partial charge in [-0.1, -0.05) is 63.1 Å². The SMILES string of the molecule is CCCCOc1ccc([C@H]2CC(/C=C\c3cccc(OCCCC)c3)=CC(OB(F)F)=C2C(C)=O)cc1. The first kappa shape index (κ1) is 28.2. The molecule has 0 amide bonds. The van der Waals surface area contributed by atoms with E-state index in [1.807, 2.05) is 60.7 Å². The third-order valence-corrected chi connectivity index (χ3v) is 6.13. The van der Waals surface area contributed by atoms with Crippen LogP contribution in [0.1, 0.15) is 69.9 Å². The molecule has 1 aliphatic rings. The van der Waals surface area contributed by atoms with E-state index in [2.05, 4.69) is 13.8 Å². The Morgan fingerprint density at radius 1 is 0.973 bits per heavy atom. The van der Waals surface area contributed by atoms with E-state index in [9.17, 15) is 13.4 Å². The second kappa shape index (κ2) is 14.4. The van der Waals surface area contributed by atoms with Crippen LogP contribution in [0, 0.1) is 0 Å². The zero-order valence-electron chi connectivity index (χ0n) is 21.8. The van der Waals surface area contributed by atoms with Gasteiger partial charge in [0.25, 0.3) is 0 Å². The molecule has 0 saturated heterocycles. The number of halogens is 2. The van der Waals surface area contributed by atoms with Crippen molar-refractivity contribution < 1.29 is 27.6 Å². The van der Waals surface area contributed by atoms with E-state index in [1.54, 1.807) is 6.08 Å². The van der Waals surface area contributed by atoms with Crippen LogP contribution in [0.5, 0.6) is 11.5 Å². The molecule has 196 valence electrons. The molecule has 0 saturated carbocycles. The van der Waals surface area contributed by atoms with Crippen molar-refractivity contribution in [1.29, 1.82) is 0 Å². The van der Waals surface area contributed by atoms with Crippen LogP contribution in [0.15, 0.2) is 77.6 Å². The molecule has 1 atom stereocenters. The van der Waals surface area contributed by atoms with E-state index in [4.69, 9.17) is 14.1 Å². The van der Waals surface area contributed by atoms with E-state index in [-0.39, 0.29) is 17.1 Å². The van der Waals surface area contributed by atoms with E-state index in [0.717, 1.165) is 53.9 Å². The topological polar surface area (TPSA) is 44.8 Å². The zero-order valence-corrected chi connectivity index (χ0v) is 21.8. The standard InChI is InChI=1S/C30H35BF2O4/c1-4-6-17-35-26-15-13-25(14-16-26)28-20-24(21-29(37-31(32)33)30(28)22(3)34)12-11-23-9-8-10-27(19-23)36-18-7-5-2/h8-16,19,21,28H,4-7,17-18,20H2,1-3H3/b12-11-/t28-/m1/s1. The number of benzene rings is 2. The Morgan fingerprint density at radius 3 is 2.27 bits per heavy atom. The van der Waals surface area contributed by atoms with Crippen molar-refractivity contribution >= 4 is 19.3 Å². The highest BCUT2D eigenvalue weighted by Crippen LogP contribution is 2.39. The Morgan fingerprint density at radius 2 is 1.65 bits per heavy atom. The van der Waals surface area contributed by atoms with Crippen molar-refractivity contribution in [2.24, 2.45) is 0 Å². The lowest BCUT2D eigenvalue weighted by Gasteiger charge is -2.27. The van der Waals surface area contributed by atoms with Gasteiger partial charge in [-0.25, -0.2) is 8.63 Å². The van der Waals surface area contributed by atoms with Crippen molar-refractivity contribution in [2.45, 2.75) is 58.8 Å². The summed E-state index contributed by atoms with van der Waals surface area (Å²) in [6.45, 7) is 6.89. The average molecular weight is 508 g/mol. The number of carbonyl (C=O) groups is 1. The molecule has 0 radical (unpaired) electrons. The Kier molecular flexibility index (Phi) is 11.0. The van der Waals surface area contributed by atoms with Crippen LogP contribution in [0.25, 0.3) is 6.08 Å². The third kappa shape index (κ3) is 8.62. The fraction of sp³-hybridized carbons (Fsp3) is 0.367. The van der Waals surface area contributed by atoms with Gasteiger partial charge in [0, 0.05) is 11.5 Å². The van der Waals surface area contributed by atoms with Crippen molar-refractivity contribution in [3.63, 3.8) is 0 Å². The summed E-state index contributed by atoms with van der Waals surface area (Å²) in [6.07, 6.45) is 9.86. The first-order valence-electron chi connectivity index (χ1n) is 13.0. The quantitative estimate of drug-likeness (QED) is 0.192. The van der Waals surface area contributed by atoms with Gasteiger partial charge in [-0.3, -0.25) is 4.79 Å². The Hall–Kier alpha value is -3.35. The van der Waals surface area contributed by atoms with Gasteiger partial charge in [-0.05, 0) is 73.2 Å². The molecule has 0 unspecified atom stereocenters. The van der Waals surface area contributed by atoms with Gasteiger partial charge in [0.05, 0.1) is 13.2 Å². The minimum atomic E-state index is -3.03. The molecule has 1 aliphatic carbocycles. The summed E-state index contributed by atoms with van der Waals surface area (Å²) in [5.41, 5.74) is 2.81. The van der Waals surface area contributed by atoms with Crippen LogP contribution in [-0.4, -0.2) is 26.5 Å². The summed E-state index contributed by atoms with van der Waals surface area (Å²) in [6, 6.07) is 15.2. The largest absolute Gasteiger partial charge is 0.796 e. The summed E-state index contributed by atoms with van der Waals surface area (Å²) in [5, 5.41) is 0. The molecular formula is C30H35BF2O4. The van der Waals surface area contributed by atoms with Gasteiger partial charge in [-0.15, -0.1) is 0 Å². The molecule has 3 rings (SSSR count). The van der Waals surface area contributed by atoms with Crippen LogP contribution in [0.4, 0.5) is 8.63 Å². The van der Waals surface area contributed by atoms with Gasteiger partial charge in [0.1, 0.15) is 17.3 Å². The molecule has 2 aromatic carbocycles. The summed E-state index contributed by atoms with van der Waals surface area (Å²) >= 11 is 0. The molecule has 0 aliphatic heterocycles. The van der Waals surface area contributed by atoms with Crippen molar-refractivity contribution in [2.75, 3.05) is 13.2 Å². The molecule has 0 spiro atoms. The summed E-state index contributed by atoms with van der Waals surface area (Å²) in [4.78, 5) is 12.6. The molecule has 2 aromatic rings. The average Bonchev–Trinajstić information content (AvgIpc) is 2.87. The second-order valence-electron chi connectivity index (χ2n) is 9.07. The monoisotopic (exact) mass is 508 g/mol. The summed E-state index contributed by atoms with van der Waals surface area (Å²) < 4.78 is 43.0. The number of carbonyl (C=O) groups excluding carboxylic acids is 1. The van der Waals surface area contributed by atoms with Gasteiger partial charge < -0.3 is 14.1 Å². The molecule has 0 heterocycles. The summed E-state index contributed by atoms with van der Waals surface area (Å²) in [7, 11) is -3.03. The number of hydrogen-bond donors (Lipinski definition) is 0. The highest BCUT2D eigenvalue weighted by molar-refractivity contribution is 6.35. The molecule has 7 heteroatoms. The van der Waals surface area contributed by atoms with Gasteiger partial charge >= 0.3 is 7.47 Å². The Labute approximate surface area is 219 Å². The maximum Gasteiger partial charge on any atom is 0.796 e. The molecular weight excluding hydrogens is 473 g/mol. The van der Waals surface area contributed by atoms with Gasteiger partial charge in [0.2, 0.25) is 0 Å². The van der Waals surface area contributed by atoms with Gasteiger partial charge in [-0.2, -0.15) is 0 Å². The number of allylic oxidation sites excluding steroid dienone is 4. The highest BCUT2D eigenvalue weighted by Gasteiger charge is 2.31. The maximum atomic E-state index is 13.3. The normalized spacial score (nSPS) is 15.5. The van der Waals surface area contributed by atoms with E-state index in [1.165, 1.54) is 6.92 Å². The minimum absolute atomic E-state index is 0.0849. The molecule has 4 nitrogen and oxygen atoms in total. The minimum Gasteiger partial charge on any atom is -0.505 e. The first-order chi connectivity index (χ1) is 17.9. The maximum absolute atomic E-state index is 13.3. The number of unbranched alkanes of at least 4 members (excludes halogenated alkanes) is 2. The predicted molar refractivity (Wildman–Crippen MR) is 145 cm³/mol. The number of rotatable bonds is 14. The number of ketones is 1. The summed E-state index contributed by atoms with van der Waals surface area (Å²) in [5.74, 6) is 0.734. The van der Waals surface area contributed by atoms with E-state index in [0.29, 0.717) is 19.6 Å². The van der Waals surface area contributed by atoms with E-state index < -0.39 is 13.4 Å². The Balaban J connectivity index is 1.87. The van der Waals surface area contributed by atoms with Crippen LogP contribution < -0.4 is 9.47 Å². The third-order valence-electron chi connectivity index (χ3n) is 6.13. The fourth-order valence-electron chi connectivity index (χ4n) is 4.20. The van der Waals surface area contributed by atoms with Crippen LogP contribution >= 0.6 is 0 Å². The van der Waals surface area contributed by atoms with Crippen molar-refractivity contribution in [3.8, 4) is 11.5 Å². The van der Waals surface area contributed by atoms with Crippen LogP contribution in [-0.2, 0) is 9.45 Å². The molecule has 37 heavy (non-hydrogen) atoms. The number of Topliss-reactive ketones (excluding diaryl/α,β-unsaturated/α-hetero) is 1. The molecule has 0 aromatic heterocycles. The number of hydrogen-bond acceptors (Lipinski definition) is 4. The zero-order chi connectivity index (χ0) is 26.6. The fourth-order valence-corrected chi connectivity index (χ4v) is 4.20. The van der Waals surface area contributed by atoms with Crippen LogP contribution in [0.2, 0.25) is 0 Å². The molecule has 0 bridgehead atoms. The lowest BCUT2D eigenvalue weighted by atomic mass is 9.79. The predicted octanol–water partition coefficient (Wildman–Crippen LogP) is 7.96. The second-order valence-corrected chi connectivity index (χ2v) is 9.07. The van der Waals surface area contributed by atoms with Gasteiger partial charge in [0.15, 0.2) is 5.78 Å². The highest BCUT2D eigenvalue weighted by atomic mass is 19.2. The Bertz CT molecular complexity index is 1120. The lowest BCUT2D eigenvalue weighted by Crippen LogP contribution is -2.19. The molecule has 0 N–H and O–H groups in total.